The minimum absolute atomic E-state index is 0.104. The molecule has 1 aromatic carbocycles. The fourth-order valence-electron chi connectivity index (χ4n) is 1.41. The highest BCUT2D eigenvalue weighted by atomic mass is 79.9. The molecule has 0 radical (unpaired) electrons. The Morgan fingerprint density at radius 3 is 2.62 bits per heavy atom. The van der Waals surface area contributed by atoms with Crippen molar-refractivity contribution in [3.05, 3.63) is 39.5 Å². The monoisotopic (exact) mass is 302 g/mol. The molecule has 0 amide bonds. The van der Waals surface area contributed by atoms with Crippen molar-refractivity contribution < 1.29 is 4.39 Å². The predicted molar refractivity (Wildman–Crippen MR) is 66.0 cm³/mol. The van der Waals surface area contributed by atoms with Crippen molar-refractivity contribution >= 4 is 27.5 Å². The second-order valence-electron chi connectivity index (χ2n) is 3.49. The number of nitrogens with zero attached hydrogens (tertiary/aromatic N) is 2. The quantitative estimate of drug-likeness (QED) is 0.780. The molecule has 0 saturated heterocycles. The molecule has 0 aliphatic rings. The fourth-order valence-corrected chi connectivity index (χ4v) is 2.17. The van der Waals surface area contributed by atoms with Gasteiger partial charge in [0.05, 0.1) is 5.02 Å². The van der Waals surface area contributed by atoms with Gasteiger partial charge in [0.25, 0.3) is 0 Å². The van der Waals surface area contributed by atoms with E-state index in [-0.39, 0.29) is 5.02 Å². The van der Waals surface area contributed by atoms with Crippen molar-refractivity contribution in [2.24, 2.45) is 7.05 Å². The molecule has 0 saturated carbocycles. The van der Waals surface area contributed by atoms with Crippen LogP contribution in [0.3, 0.4) is 0 Å². The Morgan fingerprint density at radius 2 is 2.12 bits per heavy atom. The second kappa shape index (κ2) is 4.18. The highest BCUT2D eigenvalue weighted by molar-refractivity contribution is 9.10. The number of halogens is 3. The molecule has 0 fully saturated rings. The van der Waals surface area contributed by atoms with Crippen LogP contribution in [0.2, 0.25) is 5.02 Å². The van der Waals surface area contributed by atoms with Gasteiger partial charge in [0.2, 0.25) is 0 Å². The summed E-state index contributed by atoms with van der Waals surface area (Å²) in [5.41, 5.74) is 1.56. The standard InChI is InChI=1S/C11H9BrClFN2/c1-6-15-10(11(12)16(6)2)7-3-4-9(14)8(13)5-7/h3-5H,1-2H3. The third kappa shape index (κ3) is 1.87. The van der Waals surface area contributed by atoms with Gasteiger partial charge < -0.3 is 4.57 Å². The summed E-state index contributed by atoms with van der Waals surface area (Å²) < 4.78 is 15.8. The fraction of sp³-hybridized carbons (Fsp3) is 0.182. The maximum absolute atomic E-state index is 13.0. The Bertz CT molecular complexity index is 551. The van der Waals surface area contributed by atoms with E-state index in [4.69, 9.17) is 11.6 Å². The Kier molecular flexibility index (Phi) is 3.04. The van der Waals surface area contributed by atoms with E-state index >= 15 is 0 Å². The molecule has 1 heterocycles. The molecule has 2 rings (SSSR count). The summed E-state index contributed by atoms with van der Waals surface area (Å²) in [6.07, 6.45) is 0. The second-order valence-corrected chi connectivity index (χ2v) is 4.64. The Morgan fingerprint density at radius 1 is 1.44 bits per heavy atom. The molecular formula is C11H9BrClFN2. The average Bonchev–Trinajstić information content (AvgIpc) is 2.50. The predicted octanol–water partition coefficient (Wildman–Crippen LogP) is 3.95. The zero-order valence-electron chi connectivity index (χ0n) is 8.76. The summed E-state index contributed by atoms with van der Waals surface area (Å²) in [6.45, 7) is 1.90. The van der Waals surface area contributed by atoms with Crippen LogP contribution < -0.4 is 0 Å². The zero-order valence-corrected chi connectivity index (χ0v) is 11.1. The van der Waals surface area contributed by atoms with Crippen molar-refractivity contribution in [2.75, 3.05) is 0 Å². The normalized spacial score (nSPS) is 10.8. The third-order valence-electron chi connectivity index (χ3n) is 2.44. The van der Waals surface area contributed by atoms with Crippen LogP contribution in [0.25, 0.3) is 11.3 Å². The molecular weight excluding hydrogens is 294 g/mol. The summed E-state index contributed by atoms with van der Waals surface area (Å²) in [7, 11) is 1.90. The largest absolute Gasteiger partial charge is 0.326 e. The lowest BCUT2D eigenvalue weighted by Crippen LogP contribution is -1.90. The number of rotatable bonds is 1. The molecule has 1 aromatic heterocycles. The number of hydrogen-bond donors (Lipinski definition) is 0. The van der Waals surface area contributed by atoms with Crippen molar-refractivity contribution in [3.63, 3.8) is 0 Å². The van der Waals surface area contributed by atoms with Crippen LogP contribution in [0.15, 0.2) is 22.8 Å². The summed E-state index contributed by atoms with van der Waals surface area (Å²) in [5, 5.41) is 0.104. The lowest BCUT2D eigenvalue weighted by molar-refractivity contribution is 0.628. The molecule has 0 bridgehead atoms. The van der Waals surface area contributed by atoms with Gasteiger partial charge in [-0.1, -0.05) is 11.6 Å². The number of hydrogen-bond acceptors (Lipinski definition) is 1. The van der Waals surface area contributed by atoms with Gasteiger partial charge in [-0.2, -0.15) is 0 Å². The van der Waals surface area contributed by atoms with E-state index in [1.807, 2.05) is 18.5 Å². The molecule has 16 heavy (non-hydrogen) atoms. The van der Waals surface area contributed by atoms with Crippen molar-refractivity contribution in [1.82, 2.24) is 9.55 Å². The van der Waals surface area contributed by atoms with Gasteiger partial charge in [0.15, 0.2) is 0 Å². The van der Waals surface area contributed by atoms with Gasteiger partial charge in [-0.05, 0) is 41.1 Å². The molecule has 0 aliphatic carbocycles. The van der Waals surface area contributed by atoms with Crippen LogP contribution in [-0.2, 0) is 7.05 Å². The van der Waals surface area contributed by atoms with Crippen molar-refractivity contribution in [3.8, 4) is 11.3 Å². The number of imidazole rings is 1. The number of aryl methyl sites for hydroxylation is 1. The molecule has 0 N–H and O–H groups in total. The Hall–Kier alpha value is -0.870. The number of benzene rings is 1. The van der Waals surface area contributed by atoms with E-state index in [2.05, 4.69) is 20.9 Å². The highest BCUT2D eigenvalue weighted by Gasteiger charge is 2.12. The van der Waals surface area contributed by atoms with Gasteiger partial charge in [-0.25, -0.2) is 9.37 Å². The highest BCUT2D eigenvalue weighted by Crippen LogP contribution is 2.30. The first-order chi connectivity index (χ1) is 7.50. The third-order valence-corrected chi connectivity index (χ3v) is 3.64. The van der Waals surface area contributed by atoms with Crippen LogP contribution in [-0.4, -0.2) is 9.55 Å². The molecule has 0 atom stereocenters. The van der Waals surface area contributed by atoms with E-state index in [9.17, 15) is 4.39 Å². The Labute approximate surface area is 106 Å². The first kappa shape index (κ1) is 11.6. The van der Waals surface area contributed by atoms with Crippen molar-refractivity contribution in [1.29, 1.82) is 0 Å². The molecule has 0 spiro atoms. The maximum Gasteiger partial charge on any atom is 0.141 e. The van der Waals surface area contributed by atoms with Crippen LogP contribution in [0, 0.1) is 12.7 Å². The Balaban J connectivity index is 2.59. The summed E-state index contributed by atoms with van der Waals surface area (Å²) in [5.74, 6) is 0.455. The first-order valence-electron chi connectivity index (χ1n) is 4.65. The van der Waals surface area contributed by atoms with E-state index < -0.39 is 5.82 Å². The van der Waals surface area contributed by atoms with E-state index in [1.54, 1.807) is 12.1 Å². The summed E-state index contributed by atoms with van der Waals surface area (Å²) in [6, 6.07) is 4.57. The molecule has 0 unspecified atom stereocenters. The van der Waals surface area contributed by atoms with Gasteiger partial charge in [0, 0.05) is 12.6 Å². The summed E-state index contributed by atoms with van der Waals surface area (Å²) in [4.78, 5) is 4.39. The van der Waals surface area contributed by atoms with Crippen LogP contribution in [0.1, 0.15) is 5.82 Å². The zero-order chi connectivity index (χ0) is 11.9. The maximum atomic E-state index is 13.0. The van der Waals surface area contributed by atoms with Crippen molar-refractivity contribution in [2.45, 2.75) is 6.92 Å². The molecule has 2 nitrogen and oxygen atoms in total. The molecule has 5 heteroatoms. The SMILES string of the molecule is Cc1nc(-c2ccc(F)c(Cl)c2)c(Br)n1C. The average molecular weight is 304 g/mol. The minimum atomic E-state index is -0.422. The van der Waals surface area contributed by atoms with Crippen LogP contribution in [0.5, 0.6) is 0 Å². The topological polar surface area (TPSA) is 17.8 Å². The summed E-state index contributed by atoms with van der Waals surface area (Å²) >= 11 is 9.18. The molecule has 2 aromatic rings. The van der Waals surface area contributed by atoms with Crippen LogP contribution >= 0.6 is 27.5 Å². The van der Waals surface area contributed by atoms with Gasteiger partial charge in [0.1, 0.15) is 21.9 Å². The molecule has 84 valence electrons. The van der Waals surface area contributed by atoms with E-state index in [1.165, 1.54) is 6.07 Å². The van der Waals surface area contributed by atoms with Gasteiger partial charge in [-0.15, -0.1) is 0 Å². The van der Waals surface area contributed by atoms with E-state index in [0.29, 0.717) is 0 Å². The first-order valence-corrected chi connectivity index (χ1v) is 5.82. The minimum Gasteiger partial charge on any atom is -0.326 e. The lowest BCUT2D eigenvalue weighted by Gasteiger charge is -2.00. The lowest BCUT2D eigenvalue weighted by atomic mass is 10.2. The number of aromatic nitrogens is 2. The van der Waals surface area contributed by atoms with E-state index in [0.717, 1.165) is 21.7 Å². The van der Waals surface area contributed by atoms with Gasteiger partial charge in [-0.3, -0.25) is 0 Å². The van der Waals surface area contributed by atoms with Crippen LogP contribution in [0.4, 0.5) is 4.39 Å². The smallest absolute Gasteiger partial charge is 0.141 e. The molecule has 0 aliphatic heterocycles. The van der Waals surface area contributed by atoms with Gasteiger partial charge >= 0.3 is 0 Å².